The zero-order valence-electron chi connectivity index (χ0n) is 12.7. The van der Waals surface area contributed by atoms with Crippen molar-refractivity contribution in [2.24, 2.45) is 5.92 Å². The van der Waals surface area contributed by atoms with Crippen LogP contribution in [-0.2, 0) is 0 Å². The van der Waals surface area contributed by atoms with E-state index in [2.05, 4.69) is 26.1 Å². The molecule has 0 spiro atoms. The Kier molecular flexibility index (Phi) is 5.27. The summed E-state index contributed by atoms with van der Waals surface area (Å²) in [5.41, 5.74) is 2.29. The van der Waals surface area contributed by atoms with Crippen molar-refractivity contribution in [2.75, 3.05) is 0 Å². The highest BCUT2D eigenvalue weighted by Crippen LogP contribution is 2.26. The highest BCUT2D eigenvalue weighted by molar-refractivity contribution is 6.30. The number of benzene rings is 2. The van der Waals surface area contributed by atoms with Crippen molar-refractivity contribution in [1.82, 2.24) is 5.32 Å². The first-order valence-corrected chi connectivity index (χ1v) is 7.65. The zero-order valence-corrected chi connectivity index (χ0v) is 13.4. The van der Waals surface area contributed by atoms with Gasteiger partial charge < -0.3 is 10.4 Å². The van der Waals surface area contributed by atoms with Crippen LogP contribution < -0.4 is 5.32 Å². The Bertz CT molecular complexity index is 517. The molecule has 2 nitrogen and oxygen atoms in total. The molecule has 0 saturated carbocycles. The molecule has 0 aromatic heterocycles. The zero-order chi connectivity index (χ0) is 15.4. The number of phenols is 1. The van der Waals surface area contributed by atoms with Gasteiger partial charge in [0.15, 0.2) is 0 Å². The van der Waals surface area contributed by atoms with E-state index in [-0.39, 0.29) is 11.8 Å². The van der Waals surface area contributed by atoms with Crippen molar-refractivity contribution in [3.05, 3.63) is 64.7 Å². The highest BCUT2D eigenvalue weighted by Gasteiger charge is 2.18. The van der Waals surface area contributed by atoms with Crippen LogP contribution in [0.15, 0.2) is 48.5 Å². The van der Waals surface area contributed by atoms with Gasteiger partial charge in [-0.15, -0.1) is 0 Å². The molecule has 2 N–H and O–H groups in total. The van der Waals surface area contributed by atoms with Crippen molar-refractivity contribution in [3.8, 4) is 5.75 Å². The smallest absolute Gasteiger partial charge is 0.115 e. The second kappa shape index (κ2) is 6.97. The SMILES string of the molecule is CC(C)C(C)NC(c1ccc(O)cc1)c1ccc(Cl)cc1. The van der Waals surface area contributed by atoms with Crippen molar-refractivity contribution in [3.63, 3.8) is 0 Å². The first-order chi connectivity index (χ1) is 9.97. The summed E-state index contributed by atoms with van der Waals surface area (Å²) in [6, 6.07) is 15.7. The number of nitrogens with one attached hydrogen (secondary N) is 1. The first kappa shape index (κ1) is 15.9. The lowest BCUT2D eigenvalue weighted by Crippen LogP contribution is -2.34. The van der Waals surface area contributed by atoms with Crippen molar-refractivity contribution < 1.29 is 5.11 Å². The van der Waals surface area contributed by atoms with Gasteiger partial charge in [0, 0.05) is 11.1 Å². The van der Waals surface area contributed by atoms with Crippen molar-refractivity contribution in [1.29, 1.82) is 0 Å². The number of aromatic hydroxyl groups is 1. The molecule has 112 valence electrons. The van der Waals surface area contributed by atoms with Crippen LogP contribution in [0.2, 0.25) is 5.02 Å². The Balaban J connectivity index is 2.33. The normalized spacial score (nSPS) is 14.1. The van der Waals surface area contributed by atoms with Gasteiger partial charge in [0.25, 0.3) is 0 Å². The second-order valence-electron chi connectivity index (χ2n) is 5.78. The Morgan fingerprint density at radius 1 is 0.857 bits per heavy atom. The summed E-state index contributed by atoms with van der Waals surface area (Å²) in [6.45, 7) is 6.59. The topological polar surface area (TPSA) is 32.3 Å². The summed E-state index contributed by atoms with van der Waals surface area (Å²) in [7, 11) is 0. The van der Waals surface area contributed by atoms with E-state index >= 15 is 0 Å². The van der Waals surface area contributed by atoms with Gasteiger partial charge in [-0.25, -0.2) is 0 Å². The molecule has 2 atom stereocenters. The maximum Gasteiger partial charge on any atom is 0.115 e. The molecule has 0 radical (unpaired) electrons. The van der Waals surface area contributed by atoms with Gasteiger partial charge in [-0.3, -0.25) is 0 Å². The standard InChI is InChI=1S/C18H22ClNO/c1-12(2)13(3)20-18(14-4-8-16(19)9-5-14)15-6-10-17(21)11-7-15/h4-13,18,20-21H,1-3H3. The Labute approximate surface area is 131 Å². The van der Waals surface area contributed by atoms with E-state index < -0.39 is 0 Å². The Morgan fingerprint density at radius 3 is 1.81 bits per heavy atom. The van der Waals surface area contributed by atoms with Crippen LogP contribution in [0.1, 0.15) is 37.9 Å². The third-order valence-corrected chi connectivity index (χ3v) is 4.11. The van der Waals surface area contributed by atoms with Crippen LogP contribution in [0.3, 0.4) is 0 Å². The second-order valence-corrected chi connectivity index (χ2v) is 6.21. The van der Waals surface area contributed by atoms with E-state index in [9.17, 15) is 5.11 Å². The number of hydrogen-bond acceptors (Lipinski definition) is 2. The van der Waals surface area contributed by atoms with Crippen molar-refractivity contribution in [2.45, 2.75) is 32.9 Å². The molecule has 2 rings (SSSR count). The third-order valence-electron chi connectivity index (χ3n) is 3.86. The number of halogens is 1. The van der Waals surface area contributed by atoms with Gasteiger partial charge in [-0.05, 0) is 48.2 Å². The predicted octanol–water partition coefficient (Wildman–Crippen LogP) is 4.77. The lowest BCUT2D eigenvalue weighted by atomic mass is 9.96. The quantitative estimate of drug-likeness (QED) is 0.834. The lowest BCUT2D eigenvalue weighted by Gasteiger charge is -2.26. The van der Waals surface area contributed by atoms with E-state index in [1.54, 1.807) is 12.1 Å². The number of phenolic OH excluding ortho intramolecular Hbond substituents is 1. The minimum atomic E-state index is 0.0836. The molecular weight excluding hydrogens is 282 g/mol. The van der Waals surface area contributed by atoms with Crippen LogP contribution >= 0.6 is 11.6 Å². The summed E-state index contributed by atoms with van der Waals surface area (Å²) in [5.74, 6) is 0.822. The summed E-state index contributed by atoms with van der Waals surface area (Å²) in [4.78, 5) is 0. The molecule has 0 amide bonds. The van der Waals surface area contributed by atoms with Crippen LogP contribution in [0.5, 0.6) is 5.75 Å². The third kappa shape index (κ3) is 4.23. The first-order valence-electron chi connectivity index (χ1n) is 7.28. The monoisotopic (exact) mass is 303 g/mol. The molecule has 2 unspecified atom stereocenters. The molecule has 0 heterocycles. The fraction of sp³-hybridized carbons (Fsp3) is 0.333. The molecule has 2 aromatic rings. The average Bonchev–Trinajstić information content (AvgIpc) is 2.46. The van der Waals surface area contributed by atoms with E-state index in [0.29, 0.717) is 12.0 Å². The van der Waals surface area contributed by atoms with Crippen LogP contribution in [-0.4, -0.2) is 11.1 Å². The Morgan fingerprint density at radius 2 is 1.33 bits per heavy atom. The molecule has 0 saturated heterocycles. The largest absolute Gasteiger partial charge is 0.508 e. The molecule has 0 aliphatic heterocycles. The Hall–Kier alpha value is -1.51. The number of hydrogen-bond donors (Lipinski definition) is 2. The van der Waals surface area contributed by atoms with Crippen LogP contribution in [0.4, 0.5) is 0 Å². The predicted molar refractivity (Wildman–Crippen MR) is 88.8 cm³/mol. The average molecular weight is 304 g/mol. The molecule has 21 heavy (non-hydrogen) atoms. The van der Waals surface area contributed by atoms with Gasteiger partial charge in [0.2, 0.25) is 0 Å². The molecule has 2 aromatic carbocycles. The van der Waals surface area contributed by atoms with E-state index in [1.165, 1.54) is 0 Å². The van der Waals surface area contributed by atoms with Gasteiger partial charge in [0.05, 0.1) is 6.04 Å². The molecule has 0 aliphatic carbocycles. The van der Waals surface area contributed by atoms with Gasteiger partial charge in [-0.2, -0.15) is 0 Å². The molecule has 0 aliphatic rings. The van der Waals surface area contributed by atoms with E-state index in [4.69, 9.17) is 11.6 Å². The van der Waals surface area contributed by atoms with Gasteiger partial charge in [0.1, 0.15) is 5.75 Å². The summed E-state index contributed by atoms with van der Waals surface area (Å²) in [5, 5.41) is 13.9. The summed E-state index contributed by atoms with van der Waals surface area (Å²) in [6.07, 6.45) is 0. The molecular formula is C18H22ClNO. The van der Waals surface area contributed by atoms with Crippen LogP contribution in [0, 0.1) is 5.92 Å². The van der Waals surface area contributed by atoms with E-state index in [1.807, 2.05) is 36.4 Å². The maximum absolute atomic E-state index is 9.48. The number of rotatable bonds is 5. The van der Waals surface area contributed by atoms with Gasteiger partial charge >= 0.3 is 0 Å². The lowest BCUT2D eigenvalue weighted by molar-refractivity contribution is 0.399. The molecule has 0 fully saturated rings. The molecule has 0 bridgehead atoms. The fourth-order valence-corrected chi connectivity index (χ4v) is 2.29. The highest BCUT2D eigenvalue weighted by atomic mass is 35.5. The maximum atomic E-state index is 9.48. The van der Waals surface area contributed by atoms with Crippen LogP contribution in [0.25, 0.3) is 0 Å². The summed E-state index contributed by atoms with van der Waals surface area (Å²) < 4.78 is 0. The fourth-order valence-electron chi connectivity index (χ4n) is 2.16. The summed E-state index contributed by atoms with van der Waals surface area (Å²) >= 11 is 5.99. The minimum absolute atomic E-state index is 0.0836. The van der Waals surface area contributed by atoms with Crippen molar-refractivity contribution >= 4 is 11.6 Å². The molecule has 3 heteroatoms. The van der Waals surface area contributed by atoms with Gasteiger partial charge in [-0.1, -0.05) is 49.7 Å². The van der Waals surface area contributed by atoms with E-state index in [0.717, 1.165) is 16.1 Å². The minimum Gasteiger partial charge on any atom is -0.508 e.